The monoisotopic (exact) mass is 173 g/mol. The van der Waals surface area contributed by atoms with Crippen molar-refractivity contribution in [2.45, 2.75) is 31.7 Å². The molecule has 68 valence electrons. The fraction of sp³-hybridized carbons (Fsp3) is 0.583. The molecule has 0 bridgehead atoms. The molecule has 2 aliphatic carbocycles. The Hall–Kier alpha value is -0.850. The van der Waals surface area contributed by atoms with Crippen molar-refractivity contribution < 1.29 is 0 Å². The summed E-state index contributed by atoms with van der Waals surface area (Å²) >= 11 is 0. The number of rotatable bonds is 0. The Morgan fingerprint density at radius 1 is 1.15 bits per heavy atom. The fourth-order valence-electron chi connectivity index (χ4n) is 2.95. The van der Waals surface area contributed by atoms with Crippen molar-refractivity contribution >= 4 is 5.71 Å². The molecule has 0 aromatic heterocycles. The number of hydrogen-bond donors (Lipinski definition) is 0. The van der Waals surface area contributed by atoms with Gasteiger partial charge in [-0.25, -0.2) is 0 Å². The van der Waals surface area contributed by atoms with E-state index in [1.807, 2.05) is 0 Å². The molecule has 0 amide bonds. The summed E-state index contributed by atoms with van der Waals surface area (Å²) in [4.78, 5) is 4.81. The Morgan fingerprint density at radius 2 is 2.08 bits per heavy atom. The van der Waals surface area contributed by atoms with Crippen LogP contribution in [0.3, 0.4) is 0 Å². The maximum atomic E-state index is 4.81. The van der Waals surface area contributed by atoms with Crippen molar-refractivity contribution in [1.82, 2.24) is 0 Å². The first-order valence-electron chi connectivity index (χ1n) is 5.38. The summed E-state index contributed by atoms with van der Waals surface area (Å²) in [6.07, 6.45) is 14.4. The van der Waals surface area contributed by atoms with Crippen LogP contribution in [-0.2, 0) is 0 Å². The zero-order valence-electron chi connectivity index (χ0n) is 7.82. The standard InChI is InChI=1S/C12H15N/c1-3-7-11-9(5-1)10-6-2-4-8-12(10)13-11/h1,3,5,7,9-10,12H,2,4,6,8H2. The number of hydrogen-bond acceptors (Lipinski definition) is 1. The zero-order valence-corrected chi connectivity index (χ0v) is 7.82. The number of nitrogens with zero attached hydrogens (tertiary/aromatic N) is 1. The molecule has 0 spiro atoms. The lowest BCUT2D eigenvalue weighted by Crippen LogP contribution is -2.25. The second-order valence-corrected chi connectivity index (χ2v) is 4.34. The summed E-state index contributed by atoms with van der Waals surface area (Å²) in [5.74, 6) is 1.50. The molecule has 3 rings (SSSR count). The van der Waals surface area contributed by atoms with Gasteiger partial charge in [0.1, 0.15) is 0 Å². The topological polar surface area (TPSA) is 12.4 Å². The van der Waals surface area contributed by atoms with Gasteiger partial charge in [0.05, 0.1) is 6.04 Å². The molecule has 1 heterocycles. The van der Waals surface area contributed by atoms with E-state index in [2.05, 4.69) is 24.3 Å². The Kier molecular flexibility index (Phi) is 1.64. The van der Waals surface area contributed by atoms with Gasteiger partial charge in [0.2, 0.25) is 0 Å². The van der Waals surface area contributed by atoms with Gasteiger partial charge in [0, 0.05) is 11.6 Å². The molecule has 1 saturated carbocycles. The predicted molar refractivity (Wildman–Crippen MR) is 55.0 cm³/mol. The van der Waals surface area contributed by atoms with E-state index >= 15 is 0 Å². The van der Waals surface area contributed by atoms with Crippen molar-refractivity contribution in [3.63, 3.8) is 0 Å². The molecule has 0 N–H and O–H groups in total. The highest BCUT2D eigenvalue weighted by Crippen LogP contribution is 2.39. The van der Waals surface area contributed by atoms with E-state index in [9.17, 15) is 0 Å². The van der Waals surface area contributed by atoms with Gasteiger partial charge >= 0.3 is 0 Å². The lowest BCUT2D eigenvalue weighted by molar-refractivity contribution is 0.306. The molecule has 0 radical (unpaired) electrons. The number of allylic oxidation sites excluding steroid dienone is 4. The SMILES string of the molecule is C1=CC2=NC3CCCCC3C2C=C1. The molecule has 3 aliphatic rings. The first-order valence-corrected chi connectivity index (χ1v) is 5.38. The van der Waals surface area contributed by atoms with Crippen LogP contribution in [-0.4, -0.2) is 11.8 Å². The Labute approximate surface area is 79.3 Å². The Balaban J connectivity index is 1.93. The summed E-state index contributed by atoms with van der Waals surface area (Å²) in [5.41, 5.74) is 1.35. The van der Waals surface area contributed by atoms with Gasteiger partial charge in [-0.1, -0.05) is 31.1 Å². The molecule has 1 heteroatoms. The van der Waals surface area contributed by atoms with E-state index in [-0.39, 0.29) is 0 Å². The molecule has 13 heavy (non-hydrogen) atoms. The quantitative estimate of drug-likeness (QED) is 0.534. The highest BCUT2D eigenvalue weighted by molar-refractivity contribution is 6.01. The number of fused-ring (bicyclic) bond motifs is 3. The van der Waals surface area contributed by atoms with E-state index in [1.54, 1.807) is 0 Å². The van der Waals surface area contributed by atoms with Crippen LogP contribution in [0.5, 0.6) is 0 Å². The normalized spacial score (nSPS) is 41.2. The second kappa shape index (κ2) is 2.83. The van der Waals surface area contributed by atoms with E-state index in [1.165, 1.54) is 31.4 Å². The largest absolute Gasteiger partial charge is 0.285 e. The summed E-state index contributed by atoms with van der Waals surface area (Å²) in [5, 5.41) is 0. The highest BCUT2D eigenvalue weighted by Gasteiger charge is 2.37. The van der Waals surface area contributed by atoms with Crippen LogP contribution >= 0.6 is 0 Å². The smallest absolute Gasteiger partial charge is 0.0540 e. The van der Waals surface area contributed by atoms with E-state index in [0.29, 0.717) is 12.0 Å². The predicted octanol–water partition coefficient (Wildman–Crippen LogP) is 2.74. The van der Waals surface area contributed by atoms with Gasteiger partial charge in [-0.3, -0.25) is 4.99 Å². The third-order valence-corrected chi connectivity index (χ3v) is 3.60. The Morgan fingerprint density at radius 3 is 3.08 bits per heavy atom. The summed E-state index contributed by atoms with van der Waals surface area (Å²) in [7, 11) is 0. The van der Waals surface area contributed by atoms with Gasteiger partial charge in [-0.05, 0) is 24.8 Å². The third kappa shape index (κ3) is 1.10. The molecule has 3 atom stereocenters. The van der Waals surface area contributed by atoms with Crippen molar-refractivity contribution in [3.05, 3.63) is 24.3 Å². The maximum absolute atomic E-state index is 4.81. The van der Waals surface area contributed by atoms with Crippen molar-refractivity contribution in [1.29, 1.82) is 0 Å². The van der Waals surface area contributed by atoms with Crippen LogP contribution < -0.4 is 0 Å². The lowest BCUT2D eigenvalue weighted by atomic mass is 9.77. The minimum Gasteiger partial charge on any atom is -0.285 e. The number of aliphatic imine (C=N–C) groups is 1. The Bertz CT molecular complexity index is 298. The third-order valence-electron chi connectivity index (χ3n) is 3.60. The van der Waals surface area contributed by atoms with Crippen LogP contribution in [0.1, 0.15) is 25.7 Å². The van der Waals surface area contributed by atoms with Gasteiger partial charge in [0.15, 0.2) is 0 Å². The fourth-order valence-corrected chi connectivity index (χ4v) is 2.95. The molecule has 3 unspecified atom stereocenters. The summed E-state index contributed by atoms with van der Waals surface area (Å²) < 4.78 is 0. The lowest BCUT2D eigenvalue weighted by Gasteiger charge is -2.27. The summed E-state index contributed by atoms with van der Waals surface area (Å²) in [6.45, 7) is 0. The molecule has 1 aliphatic heterocycles. The average molecular weight is 173 g/mol. The molecular formula is C12H15N. The van der Waals surface area contributed by atoms with Gasteiger partial charge < -0.3 is 0 Å². The average Bonchev–Trinajstić information content (AvgIpc) is 2.56. The van der Waals surface area contributed by atoms with Gasteiger partial charge in [-0.2, -0.15) is 0 Å². The van der Waals surface area contributed by atoms with Crippen molar-refractivity contribution in [2.24, 2.45) is 16.8 Å². The van der Waals surface area contributed by atoms with Crippen LogP contribution in [0.25, 0.3) is 0 Å². The van der Waals surface area contributed by atoms with Gasteiger partial charge in [0.25, 0.3) is 0 Å². The van der Waals surface area contributed by atoms with E-state index < -0.39 is 0 Å². The van der Waals surface area contributed by atoms with Crippen LogP contribution in [0, 0.1) is 11.8 Å². The molecule has 1 fully saturated rings. The molecule has 1 nitrogen and oxygen atoms in total. The highest BCUT2D eigenvalue weighted by atomic mass is 14.9. The van der Waals surface area contributed by atoms with Crippen molar-refractivity contribution in [2.75, 3.05) is 0 Å². The van der Waals surface area contributed by atoms with Crippen LogP contribution in [0.15, 0.2) is 29.3 Å². The first kappa shape index (κ1) is 7.54. The molecule has 0 aromatic carbocycles. The molecular weight excluding hydrogens is 158 g/mol. The molecule has 0 aromatic rings. The minimum atomic E-state index is 0.654. The van der Waals surface area contributed by atoms with Gasteiger partial charge in [-0.15, -0.1) is 0 Å². The summed E-state index contributed by atoms with van der Waals surface area (Å²) in [6, 6.07) is 0.654. The van der Waals surface area contributed by atoms with Crippen LogP contribution in [0.2, 0.25) is 0 Å². The first-order chi connectivity index (χ1) is 6.45. The molecule has 0 saturated heterocycles. The minimum absolute atomic E-state index is 0.654. The maximum Gasteiger partial charge on any atom is 0.0540 e. The van der Waals surface area contributed by atoms with Crippen molar-refractivity contribution in [3.8, 4) is 0 Å². The van der Waals surface area contributed by atoms with E-state index in [4.69, 9.17) is 4.99 Å². The van der Waals surface area contributed by atoms with E-state index in [0.717, 1.165) is 5.92 Å². The second-order valence-electron chi connectivity index (χ2n) is 4.34. The van der Waals surface area contributed by atoms with Crippen LogP contribution in [0.4, 0.5) is 0 Å². The zero-order chi connectivity index (χ0) is 8.67.